The second-order valence-electron chi connectivity index (χ2n) is 8.68. The van der Waals surface area contributed by atoms with Crippen molar-refractivity contribution in [1.29, 1.82) is 0 Å². The van der Waals surface area contributed by atoms with Gasteiger partial charge in [-0.1, -0.05) is 11.6 Å². The Kier molecular flexibility index (Phi) is 4.61. The number of ether oxygens (including phenoxy) is 2. The number of halogens is 1. The monoisotopic (exact) mass is 391 g/mol. The Morgan fingerprint density at radius 2 is 1.70 bits per heavy atom. The Labute approximate surface area is 164 Å². The Morgan fingerprint density at radius 1 is 1.15 bits per heavy atom. The third-order valence-corrected chi connectivity index (χ3v) is 7.08. The summed E-state index contributed by atoms with van der Waals surface area (Å²) in [6.07, 6.45) is 5.88. The van der Waals surface area contributed by atoms with E-state index in [1.165, 1.54) is 38.5 Å². The number of hydrogen-bond acceptors (Lipinski definition) is 5. The molecule has 146 valence electrons. The molecule has 0 heterocycles. The second-order valence-corrected chi connectivity index (χ2v) is 9.09. The minimum atomic E-state index is -0.783. The number of esters is 1. The van der Waals surface area contributed by atoms with Crippen LogP contribution in [0.25, 0.3) is 0 Å². The molecule has 0 aliphatic heterocycles. The van der Waals surface area contributed by atoms with Crippen molar-refractivity contribution in [2.75, 3.05) is 12.8 Å². The average molecular weight is 392 g/mol. The van der Waals surface area contributed by atoms with Gasteiger partial charge in [0.1, 0.15) is 11.3 Å². The predicted molar refractivity (Wildman–Crippen MR) is 103 cm³/mol. The summed E-state index contributed by atoms with van der Waals surface area (Å²) in [5.74, 6) is 1.75. The maximum Gasteiger partial charge on any atom is 0.342 e. The number of rotatable bonds is 5. The lowest BCUT2D eigenvalue weighted by molar-refractivity contribution is -0.152. The maximum atomic E-state index is 13.3. The van der Waals surface area contributed by atoms with E-state index in [0.29, 0.717) is 23.4 Å². The first kappa shape index (κ1) is 18.6. The lowest BCUT2D eigenvalue weighted by Crippen LogP contribution is -2.52. The van der Waals surface area contributed by atoms with Crippen LogP contribution in [0, 0.1) is 23.2 Å². The van der Waals surface area contributed by atoms with Crippen LogP contribution in [0.15, 0.2) is 12.1 Å². The van der Waals surface area contributed by atoms with Crippen LogP contribution in [0.2, 0.25) is 5.02 Å². The molecular formula is C21H26ClNO4. The number of hydrogen-bond donors (Lipinski definition) is 1. The third-order valence-electron chi connectivity index (χ3n) is 6.75. The molecule has 4 aliphatic rings. The predicted octanol–water partition coefficient (Wildman–Crippen LogP) is 4.26. The van der Waals surface area contributed by atoms with Crippen LogP contribution >= 0.6 is 11.6 Å². The van der Waals surface area contributed by atoms with Crippen molar-refractivity contribution in [3.8, 4) is 5.75 Å². The highest BCUT2D eigenvalue weighted by molar-refractivity contribution is 6.33. The van der Waals surface area contributed by atoms with Crippen molar-refractivity contribution in [1.82, 2.24) is 0 Å². The van der Waals surface area contributed by atoms with Crippen LogP contribution in [0.5, 0.6) is 5.75 Å². The SMILES string of the molecule is COc1cc(N)c(Cl)cc1C(=O)OC(C)C(=O)C12CC3CC(CC(C3)C1)C2. The summed E-state index contributed by atoms with van der Waals surface area (Å²) in [7, 11) is 1.45. The van der Waals surface area contributed by atoms with Crippen molar-refractivity contribution in [3.63, 3.8) is 0 Å². The molecule has 0 radical (unpaired) electrons. The summed E-state index contributed by atoms with van der Waals surface area (Å²) in [5, 5.41) is 0.253. The van der Waals surface area contributed by atoms with Crippen molar-refractivity contribution < 1.29 is 19.1 Å². The normalized spacial score (nSPS) is 32.2. The van der Waals surface area contributed by atoms with E-state index in [9.17, 15) is 9.59 Å². The first-order valence-electron chi connectivity index (χ1n) is 9.69. The van der Waals surface area contributed by atoms with E-state index in [0.717, 1.165) is 19.3 Å². The molecule has 1 aromatic carbocycles. The van der Waals surface area contributed by atoms with Crippen molar-refractivity contribution in [2.24, 2.45) is 23.2 Å². The molecule has 1 aromatic rings. The molecule has 27 heavy (non-hydrogen) atoms. The van der Waals surface area contributed by atoms with Crippen LogP contribution in [-0.2, 0) is 9.53 Å². The van der Waals surface area contributed by atoms with E-state index in [1.54, 1.807) is 6.92 Å². The van der Waals surface area contributed by atoms with Gasteiger partial charge in [-0.2, -0.15) is 0 Å². The van der Waals surface area contributed by atoms with Gasteiger partial charge in [-0.25, -0.2) is 4.79 Å². The Balaban J connectivity index is 1.51. The molecule has 4 saturated carbocycles. The van der Waals surface area contributed by atoms with Gasteiger partial charge in [0.15, 0.2) is 11.9 Å². The zero-order valence-electron chi connectivity index (χ0n) is 15.8. The largest absolute Gasteiger partial charge is 0.496 e. The molecule has 0 saturated heterocycles. The van der Waals surface area contributed by atoms with E-state index >= 15 is 0 Å². The van der Waals surface area contributed by atoms with Gasteiger partial charge < -0.3 is 15.2 Å². The van der Waals surface area contributed by atoms with Gasteiger partial charge >= 0.3 is 5.97 Å². The molecule has 0 amide bonds. The first-order chi connectivity index (χ1) is 12.8. The summed E-state index contributed by atoms with van der Waals surface area (Å²) in [6.45, 7) is 1.68. The zero-order valence-corrected chi connectivity index (χ0v) is 16.6. The van der Waals surface area contributed by atoms with E-state index < -0.39 is 12.1 Å². The summed E-state index contributed by atoms with van der Waals surface area (Å²) in [4.78, 5) is 26.0. The number of nitrogens with two attached hydrogens (primary N) is 1. The minimum Gasteiger partial charge on any atom is -0.496 e. The molecule has 2 N–H and O–H groups in total. The minimum absolute atomic E-state index is 0.0791. The highest BCUT2D eigenvalue weighted by atomic mass is 35.5. The summed E-state index contributed by atoms with van der Waals surface area (Å²) in [5.41, 5.74) is 5.98. The van der Waals surface area contributed by atoms with Crippen molar-refractivity contribution >= 4 is 29.0 Å². The van der Waals surface area contributed by atoms with Crippen molar-refractivity contribution in [2.45, 2.75) is 51.6 Å². The third kappa shape index (κ3) is 3.20. The fourth-order valence-electron chi connectivity index (χ4n) is 6.02. The van der Waals surface area contributed by atoms with E-state index in [2.05, 4.69) is 0 Å². The number of carbonyl (C=O) groups is 2. The van der Waals surface area contributed by atoms with Gasteiger partial charge in [-0.05, 0) is 69.3 Å². The molecule has 0 aromatic heterocycles. The van der Waals surface area contributed by atoms with E-state index in [-0.39, 0.29) is 27.5 Å². The lowest BCUT2D eigenvalue weighted by atomic mass is 9.48. The van der Waals surface area contributed by atoms with E-state index in [4.69, 9.17) is 26.8 Å². The molecule has 5 rings (SSSR count). The summed E-state index contributed by atoms with van der Waals surface area (Å²) in [6, 6.07) is 2.92. The van der Waals surface area contributed by atoms with Crippen LogP contribution in [0.1, 0.15) is 55.8 Å². The first-order valence-corrected chi connectivity index (χ1v) is 10.1. The Morgan fingerprint density at radius 3 is 2.22 bits per heavy atom. The van der Waals surface area contributed by atoms with Crippen LogP contribution < -0.4 is 10.5 Å². The highest BCUT2D eigenvalue weighted by Gasteiger charge is 2.55. The van der Waals surface area contributed by atoms with Gasteiger partial charge in [0.2, 0.25) is 0 Å². The number of Topliss-reactive ketones (excluding diaryl/α,β-unsaturated/α-hetero) is 1. The molecule has 1 unspecified atom stereocenters. The van der Waals surface area contributed by atoms with Gasteiger partial charge in [-0.3, -0.25) is 4.79 Å². The number of ketones is 1. The standard InChI is InChI=1S/C21H26ClNO4/c1-11(27-20(25)15-6-16(22)17(23)7-18(15)26-2)19(24)21-8-12-3-13(9-21)5-14(4-12)10-21/h6-7,11-14H,3-5,8-10,23H2,1-2H3. The smallest absolute Gasteiger partial charge is 0.342 e. The number of benzene rings is 1. The lowest BCUT2D eigenvalue weighted by Gasteiger charge is -2.56. The van der Waals surface area contributed by atoms with Gasteiger partial charge in [0.05, 0.1) is 17.8 Å². The van der Waals surface area contributed by atoms with Crippen LogP contribution in [0.3, 0.4) is 0 Å². The Hall–Kier alpha value is -1.75. The molecule has 5 nitrogen and oxygen atoms in total. The van der Waals surface area contributed by atoms with E-state index in [1.807, 2.05) is 0 Å². The molecule has 4 fully saturated rings. The maximum absolute atomic E-state index is 13.3. The Bertz CT molecular complexity index is 755. The fraction of sp³-hybridized carbons (Fsp3) is 0.619. The zero-order chi connectivity index (χ0) is 19.3. The number of anilines is 1. The van der Waals surface area contributed by atoms with Gasteiger partial charge in [-0.15, -0.1) is 0 Å². The second kappa shape index (κ2) is 6.69. The number of carbonyl (C=O) groups excluding carboxylic acids is 2. The number of methoxy groups -OCH3 is 1. The molecular weight excluding hydrogens is 366 g/mol. The number of nitrogen functional groups attached to an aromatic ring is 1. The average Bonchev–Trinajstić information content (AvgIpc) is 2.61. The quantitative estimate of drug-likeness (QED) is 0.599. The van der Waals surface area contributed by atoms with Crippen LogP contribution in [0.4, 0.5) is 5.69 Å². The fourth-order valence-corrected chi connectivity index (χ4v) is 6.18. The molecule has 0 spiro atoms. The van der Waals surface area contributed by atoms with Crippen molar-refractivity contribution in [3.05, 3.63) is 22.7 Å². The van der Waals surface area contributed by atoms with Crippen LogP contribution in [-0.4, -0.2) is 25.0 Å². The van der Waals surface area contributed by atoms with Gasteiger partial charge in [0.25, 0.3) is 0 Å². The molecule has 6 heteroatoms. The summed E-state index contributed by atoms with van der Waals surface area (Å²) < 4.78 is 10.8. The molecule has 1 atom stereocenters. The topological polar surface area (TPSA) is 78.6 Å². The molecule has 4 bridgehead atoms. The molecule has 4 aliphatic carbocycles. The summed E-state index contributed by atoms with van der Waals surface area (Å²) >= 11 is 6.04. The van der Waals surface area contributed by atoms with Gasteiger partial charge in [0, 0.05) is 11.5 Å². The highest BCUT2D eigenvalue weighted by Crippen LogP contribution is 2.60.